The minimum absolute atomic E-state index is 0.104. The Hall–Kier alpha value is -2.58. The number of nitrogens with zero attached hydrogens (tertiary/aromatic N) is 5. The van der Waals surface area contributed by atoms with Gasteiger partial charge >= 0.3 is 0 Å². The van der Waals surface area contributed by atoms with Crippen molar-refractivity contribution in [3.63, 3.8) is 0 Å². The molecule has 1 aliphatic heterocycles. The first-order chi connectivity index (χ1) is 11.7. The van der Waals surface area contributed by atoms with Gasteiger partial charge in [-0.2, -0.15) is 4.31 Å². The monoisotopic (exact) mass is 341 g/mol. The molecule has 0 bridgehead atoms. The van der Waals surface area contributed by atoms with Crippen LogP contribution in [0.15, 0.2) is 65.8 Å². The van der Waals surface area contributed by atoms with E-state index < -0.39 is 10.0 Å². The Balaban J connectivity index is 1.67. The lowest BCUT2D eigenvalue weighted by atomic mass is 9.98. The Bertz CT molecular complexity index is 942. The van der Waals surface area contributed by atoms with Crippen molar-refractivity contribution in [3.05, 3.63) is 66.5 Å². The topological polar surface area (TPSA) is 81.0 Å². The second-order valence-corrected chi connectivity index (χ2v) is 7.47. The molecule has 24 heavy (non-hydrogen) atoms. The van der Waals surface area contributed by atoms with Crippen LogP contribution in [-0.4, -0.2) is 39.5 Å². The fraction of sp³-hybridized carbons (Fsp3) is 0.188. The van der Waals surface area contributed by atoms with E-state index in [0.717, 1.165) is 12.0 Å². The van der Waals surface area contributed by atoms with Crippen LogP contribution in [0.4, 0.5) is 0 Å². The second kappa shape index (κ2) is 5.81. The molecule has 2 heterocycles. The van der Waals surface area contributed by atoms with E-state index in [2.05, 4.69) is 15.5 Å². The third-order valence-corrected chi connectivity index (χ3v) is 6.10. The van der Waals surface area contributed by atoms with Gasteiger partial charge in [-0.15, -0.1) is 5.10 Å². The maximum Gasteiger partial charge on any atom is 0.243 e. The van der Waals surface area contributed by atoms with Crippen LogP contribution in [0, 0.1) is 0 Å². The van der Waals surface area contributed by atoms with E-state index >= 15 is 0 Å². The van der Waals surface area contributed by atoms with E-state index in [1.807, 2.05) is 30.3 Å². The van der Waals surface area contributed by atoms with Crippen LogP contribution in [0.2, 0.25) is 0 Å². The maximum atomic E-state index is 13.0. The molecule has 0 aliphatic carbocycles. The van der Waals surface area contributed by atoms with Crippen LogP contribution in [0.5, 0.6) is 0 Å². The third kappa shape index (κ3) is 2.49. The van der Waals surface area contributed by atoms with Gasteiger partial charge in [0.2, 0.25) is 10.0 Å². The highest BCUT2D eigenvalue weighted by Gasteiger charge is 2.39. The van der Waals surface area contributed by atoms with Gasteiger partial charge in [-0.25, -0.2) is 13.1 Å². The molecule has 8 heteroatoms. The van der Waals surface area contributed by atoms with Crippen molar-refractivity contribution in [1.29, 1.82) is 0 Å². The molecule has 7 nitrogen and oxygen atoms in total. The van der Waals surface area contributed by atoms with Gasteiger partial charge in [0.25, 0.3) is 0 Å². The molecule has 2 aromatic carbocycles. The largest absolute Gasteiger partial charge is 0.243 e. The standard InChI is InChI=1S/C16H15N5O2S/c22-24(23,21-10-9-16(21)13-5-2-1-3-6-13)15-8-4-7-14(11-15)20-12-17-18-19-20/h1-8,11-12,16H,9-10H2/t16-/m1/s1. The number of rotatable bonds is 4. The zero-order valence-corrected chi connectivity index (χ0v) is 13.5. The van der Waals surface area contributed by atoms with Crippen LogP contribution in [0.3, 0.4) is 0 Å². The molecule has 1 aliphatic rings. The summed E-state index contributed by atoms with van der Waals surface area (Å²) in [6.07, 6.45) is 2.26. The fourth-order valence-corrected chi connectivity index (χ4v) is 4.56. The molecule has 0 radical (unpaired) electrons. The summed E-state index contributed by atoms with van der Waals surface area (Å²) >= 11 is 0. The van der Waals surface area contributed by atoms with Gasteiger partial charge in [0.1, 0.15) is 6.33 Å². The average Bonchev–Trinajstić information content (AvgIpc) is 3.09. The maximum absolute atomic E-state index is 13.0. The van der Waals surface area contributed by atoms with E-state index in [9.17, 15) is 8.42 Å². The smallest absolute Gasteiger partial charge is 0.207 e. The summed E-state index contributed by atoms with van der Waals surface area (Å²) in [5.41, 5.74) is 1.63. The van der Waals surface area contributed by atoms with Crippen molar-refractivity contribution in [1.82, 2.24) is 24.5 Å². The van der Waals surface area contributed by atoms with E-state index in [1.54, 1.807) is 28.6 Å². The minimum Gasteiger partial charge on any atom is -0.207 e. The van der Waals surface area contributed by atoms with Crippen molar-refractivity contribution in [2.24, 2.45) is 0 Å². The predicted molar refractivity (Wildman–Crippen MR) is 86.8 cm³/mol. The first-order valence-corrected chi connectivity index (χ1v) is 9.00. The zero-order chi connectivity index (χ0) is 16.6. The second-order valence-electron chi connectivity index (χ2n) is 5.58. The summed E-state index contributed by atoms with van der Waals surface area (Å²) in [5, 5.41) is 11.0. The van der Waals surface area contributed by atoms with Gasteiger partial charge in [-0.3, -0.25) is 0 Å². The lowest BCUT2D eigenvalue weighted by Crippen LogP contribution is -2.44. The van der Waals surface area contributed by atoms with Crippen LogP contribution in [0.1, 0.15) is 18.0 Å². The summed E-state index contributed by atoms with van der Waals surface area (Å²) in [6.45, 7) is 0.525. The first-order valence-electron chi connectivity index (χ1n) is 7.56. The number of aromatic nitrogens is 4. The molecule has 3 aromatic rings. The number of benzene rings is 2. The predicted octanol–water partition coefficient (Wildman–Crippen LogP) is 1.80. The molecule has 0 spiro atoms. The molecule has 0 amide bonds. The van der Waals surface area contributed by atoms with Crippen LogP contribution in [-0.2, 0) is 10.0 Å². The number of sulfonamides is 1. The third-order valence-electron chi connectivity index (χ3n) is 4.19. The van der Waals surface area contributed by atoms with Gasteiger partial charge in [0.05, 0.1) is 16.6 Å². The minimum atomic E-state index is -3.56. The number of hydrogen-bond donors (Lipinski definition) is 0. The SMILES string of the molecule is O=S(=O)(c1cccc(-n2cnnn2)c1)N1CC[C@@H]1c1ccccc1. The van der Waals surface area contributed by atoms with Crippen molar-refractivity contribution in [2.75, 3.05) is 6.54 Å². The average molecular weight is 341 g/mol. The molecular weight excluding hydrogens is 326 g/mol. The molecular formula is C16H15N5O2S. The van der Waals surface area contributed by atoms with E-state index in [-0.39, 0.29) is 10.9 Å². The number of tetrazole rings is 1. The normalized spacial score (nSPS) is 18.2. The summed E-state index contributed by atoms with van der Waals surface area (Å²) < 4.78 is 28.9. The molecule has 1 saturated heterocycles. The lowest BCUT2D eigenvalue weighted by Gasteiger charge is -2.40. The Morgan fingerprint density at radius 2 is 1.88 bits per heavy atom. The fourth-order valence-electron chi connectivity index (χ4n) is 2.86. The van der Waals surface area contributed by atoms with Crippen LogP contribution >= 0.6 is 0 Å². The van der Waals surface area contributed by atoms with Gasteiger partial charge < -0.3 is 0 Å². The summed E-state index contributed by atoms with van der Waals surface area (Å²) in [4.78, 5) is 0.246. The van der Waals surface area contributed by atoms with E-state index in [4.69, 9.17) is 0 Å². The zero-order valence-electron chi connectivity index (χ0n) is 12.7. The molecule has 1 atom stereocenters. The van der Waals surface area contributed by atoms with Crippen LogP contribution in [0.25, 0.3) is 5.69 Å². The van der Waals surface area contributed by atoms with Crippen LogP contribution < -0.4 is 0 Å². The first kappa shape index (κ1) is 15.0. The van der Waals surface area contributed by atoms with Crippen molar-refractivity contribution in [2.45, 2.75) is 17.4 Å². The quantitative estimate of drug-likeness (QED) is 0.723. The van der Waals surface area contributed by atoms with E-state index in [1.165, 1.54) is 11.0 Å². The highest BCUT2D eigenvalue weighted by molar-refractivity contribution is 7.89. The molecule has 4 rings (SSSR count). The molecule has 0 N–H and O–H groups in total. The number of hydrogen-bond acceptors (Lipinski definition) is 5. The van der Waals surface area contributed by atoms with Gasteiger partial charge in [-0.1, -0.05) is 36.4 Å². The molecule has 122 valence electrons. The molecule has 1 fully saturated rings. The van der Waals surface area contributed by atoms with E-state index in [0.29, 0.717) is 12.2 Å². The highest BCUT2D eigenvalue weighted by atomic mass is 32.2. The van der Waals surface area contributed by atoms with Gasteiger partial charge in [0.15, 0.2) is 0 Å². The van der Waals surface area contributed by atoms with Crippen molar-refractivity contribution < 1.29 is 8.42 Å². The Morgan fingerprint density at radius 3 is 2.54 bits per heavy atom. The summed E-state index contributed by atoms with van der Waals surface area (Å²) in [6, 6.07) is 16.3. The summed E-state index contributed by atoms with van der Waals surface area (Å²) in [5.74, 6) is 0. The van der Waals surface area contributed by atoms with Crippen molar-refractivity contribution in [3.8, 4) is 5.69 Å². The Labute approximate surface area is 139 Å². The molecule has 0 unspecified atom stereocenters. The molecule has 0 saturated carbocycles. The summed E-state index contributed by atoms with van der Waals surface area (Å²) in [7, 11) is -3.56. The molecule has 1 aromatic heterocycles. The Morgan fingerprint density at radius 1 is 1.04 bits per heavy atom. The Kier molecular flexibility index (Phi) is 3.62. The van der Waals surface area contributed by atoms with Crippen molar-refractivity contribution >= 4 is 10.0 Å². The van der Waals surface area contributed by atoms with Gasteiger partial charge in [-0.05, 0) is 40.6 Å². The lowest BCUT2D eigenvalue weighted by molar-refractivity contribution is 0.202. The van der Waals surface area contributed by atoms with Gasteiger partial charge in [0, 0.05) is 6.54 Å². The highest BCUT2D eigenvalue weighted by Crippen LogP contribution is 2.38.